The van der Waals surface area contributed by atoms with E-state index in [-0.39, 0.29) is 36.2 Å². The average molecular weight is 614 g/mol. The van der Waals surface area contributed by atoms with Gasteiger partial charge >= 0.3 is 6.09 Å². The van der Waals surface area contributed by atoms with Crippen molar-refractivity contribution in [2.24, 2.45) is 11.8 Å². The molecule has 0 aliphatic rings. The van der Waals surface area contributed by atoms with Crippen LogP contribution in [0.3, 0.4) is 0 Å². The number of imidazole rings is 1. The molecular formula is C32H44ClN5O5. The molecule has 0 fully saturated rings. The molecular weight excluding hydrogens is 570 g/mol. The normalized spacial score (nSPS) is 15.0. The molecule has 10 nitrogen and oxygen atoms in total. The number of benzene rings is 2. The highest BCUT2D eigenvalue weighted by molar-refractivity contribution is 6.31. The van der Waals surface area contributed by atoms with Crippen LogP contribution in [-0.4, -0.2) is 61.3 Å². The smallest absolute Gasteiger partial charge is 0.407 e. The summed E-state index contributed by atoms with van der Waals surface area (Å²) in [6.07, 6.45) is -0.597. The molecule has 0 saturated carbocycles. The number of ether oxygens (including phenoxy) is 2. The highest BCUT2D eigenvalue weighted by atomic mass is 35.5. The predicted molar refractivity (Wildman–Crippen MR) is 168 cm³/mol. The van der Waals surface area contributed by atoms with E-state index in [1.54, 1.807) is 6.92 Å². The molecule has 0 saturated heterocycles. The topological polar surface area (TPSA) is 134 Å². The van der Waals surface area contributed by atoms with Crippen molar-refractivity contribution in [3.8, 4) is 0 Å². The zero-order chi connectivity index (χ0) is 31.9. The maximum absolute atomic E-state index is 13.8. The fraction of sp³-hybridized carbons (Fsp3) is 0.500. The minimum absolute atomic E-state index is 0.0679. The number of methoxy groups -OCH3 is 2. The zero-order valence-corrected chi connectivity index (χ0v) is 27.0. The summed E-state index contributed by atoms with van der Waals surface area (Å²) in [6, 6.07) is 11.8. The Morgan fingerprint density at radius 2 is 1.72 bits per heavy atom. The molecule has 43 heavy (non-hydrogen) atoms. The predicted octanol–water partition coefficient (Wildman–Crippen LogP) is 5.23. The molecule has 0 bridgehead atoms. The van der Waals surface area contributed by atoms with Crippen LogP contribution in [0.15, 0.2) is 42.5 Å². The van der Waals surface area contributed by atoms with Gasteiger partial charge in [-0.3, -0.25) is 9.59 Å². The number of aromatic nitrogens is 2. The van der Waals surface area contributed by atoms with Crippen molar-refractivity contribution in [1.82, 2.24) is 25.9 Å². The van der Waals surface area contributed by atoms with Gasteiger partial charge in [-0.05, 0) is 55.0 Å². The van der Waals surface area contributed by atoms with E-state index in [0.29, 0.717) is 34.0 Å². The standard InChI is InChI=1S/C32H44ClN5O5/c1-9-34-29(39)26(19(4)5)37-30(40)32(6,17-42-7)20-14-15-23-24(16-20)36-28(35-23)27(38-31(41)43-8)25(18(2)3)21-12-10-11-13-22(21)33/h10-16,18-19,25-27H,9,17H2,1-8H3,(H,34,39)(H,35,36)(H,37,40)(H,38,41)/t25-,26+,27-,32?/m0/s1. The molecule has 3 aromatic rings. The number of halogens is 1. The number of fused-ring (bicyclic) bond motifs is 1. The summed E-state index contributed by atoms with van der Waals surface area (Å²) in [7, 11) is 2.85. The van der Waals surface area contributed by atoms with Gasteiger partial charge in [0, 0.05) is 24.6 Å². The molecule has 11 heteroatoms. The molecule has 2 aromatic carbocycles. The van der Waals surface area contributed by atoms with Crippen LogP contribution in [0.25, 0.3) is 11.0 Å². The Kier molecular flexibility index (Phi) is 11.6. The van der Waals surface area contributed by atoms with E-state index in [0.717, 1.165) is 5.56 Å². The number of hydrogen-bond acceptors (Lipinski definition) is 6. The molecule has 4 N–H and O–H groups in total. The number of amides is 3. The highest BCUT2D eigenvalue weighted by Gasteiger charge is 2.39. The monoisotopic (exact) mass is 613 g/mol. The van der Waals surface area contributed by atoms with E-state index < -0.39 is 23.6 Å². The van der Waals surface area contributed by atoms with Crippen molar-refractivity contribution >= 4 is 40.5 Å². The lowest BCUT2D eigenvalue weighted by Gasteiger charge is -2.31. The first kappa shape index (κ1) is 33.9. The molecule has 4 atom stereocenters. The van der Waals surface area contributed by atoms with Gasteiger partial charge < -0.3 is 30.4 Å². The van der Waals surface area contributed by atoms with Gasteiger partial charge in [0.05, 0.1) is 36.2 Å². The van der Waals surface area contributed by atoms with Crippen LogP contribution in [0, 0.1) is 11.8 Å². The summed E-state index contributed by atoms with van der Waals surface area (Å²) in [5.41, 5.74) is 1.76. The summed E-state index contributed by atoms with van der Waals surface area (Å²) in [4.78, 5) is 47.2. The summed E-state index contributed by atoms with van der Waals surface area (Å²) < 4.78 is 10.5. The van der Waals surface area contributed by atoms with E-state index in [2.05, 4.69) is 34.8 Å². The van der Waals surface area contributed by atoms with Gasteiger partial charge in [-0.15, -0.1) is 0 Å². The van der Waals surface area contributed by atoms with Crippen LogP contribution in [-0.2, 0) is 24.5 Å². The number of alkyl carbamates (subject to hydrolysis) is 1. The number of nitrogens with one attached hydrogen (secondary N) is 4. The molecule has 0 aliphatic carbocycles. The van der Waals surface area contributed by atoms with E-state index in [9.17, 15) is 14.4 Å². The van der Waals surface area contributed by atoms with Gasteiger partial charge in [0.15, 0.2) is 0 Å². The second-order valence-corrected chi connectivity index (χ2v) is 12.0. The molecule has 0 spiro atoms. The van der Waals surface area contributed by atoms with E-state index >= 15 is 0 Å². The van der Waals surface area contributed by atoms with Gasteiger partial charge in [0.2, 0.25) is 11.8 Å². The maximum atomic E-state index is 13.8. The molecule has 0 aliphatic heterocycles. The second kappa shape index (κ2) is 14.7. The van der Waals surface area contributed by atoms with Crippen molar-refractivity contribution in [1.29, 1.82) is 0 Å². The lowest BCUT2D eigenvalue weighted by Crippen LogP contribution is -2.55. The van der Waals surface area contributed by atoms with Crippen molar-refractivity contribution in [2.75, 3.05) is 27.4 Å². The Bertz CT molecular complexity index is 1420. The number of likely N-dealkylation sites (N-methyl/N-ethyl adjacent to an activating group) is 1. The maximum Gasteiger partial charge on any atom is 0.407 e. The van der Waals surface area contributed by atoms with Gasteiger partial charge in [-0.25, -0.2) is 9.78 Å². The zero-order valence-electron chi connectivity index (χ0n) is 26.2. The third kappa shape index (κ3) is 7.67. The van der Waals surface area contributed by atoms with E-state index in [1.807, 2.05) is 63.2 Å². The summed E-state index contributed by atoms with van der Waals surface area (Å²) in [5, 5.41) is 9.28. The quantitative estimate of drug-likeness (QED) is 0.208. The minimum Gasteiger partial charge on any atom is -0.453 e. The number of rotatable bonds is 13. The van der Waals surface area contributed by atoms with Crippen molar-refractivity contribution in [3.63, 3.8) is 0 Å². The molecule has 234 valence electrons. The third-order valence-corrected chi connectivity index (χ3v) is 8.10. The lowest BCUT2D eigenvalue weighted by molar-refractivity contribution is -0.134. The Labute approximate surface area is 258 Å². The number of carbonyl (C=O) groups excluding carboxylic acids is 3. The minimum atomic E-state index is -1.12. The average Bonchev–Trinajstić information content (AvgIpc) is 3.39. The molecule has 3 amide bonds. The number of hydrogen-bond donors (Lipinski definition) is 4. The molecule has 1 heterocycles. The Morgan fingerprint density at radius 3 is 2.30 bits per heavy atom. The number of carbonyl (C=O) groups is 3. The van der Waals surface area contributed by atoms with Crippen molar-refractivity contribution in [3.05, 3.63) is 64.4 Å². The Morgan fingerprint density at radius 1 is 1.02 bits per heavy atom. The van der Waals surface area contributed by atoms with Crippen LogP contribution < -0.4 is 16.0 Å². The molecule has 0 radical (unpaired) electrons. The molecule has 1 aromatic heterocycles. The Balaban J connectivity index is 2.07. The first-order chi connectivity index (χ1) is 20.4. The van der Waals surface area contributed by atoms with Crippen molar-refractivity contribution in [2.45, 2.75) is 65.0 Å². The lowest BCUT2D eigenvalue weighted by atomic mass is 9.81. The fourth-order valence-corrected chi connectivity index (χ4v) is 5.65. The second-order valence-electron chi connectivity index (χ2n) is 11.6. The van der Waals surface area contributed by atoms with Crippen LogP contribution in [0.4, 0.5) is 4.79 Å². The van der Waals surface area contributed by atoms with E-state index in [1.165, 1.54) is 14.2 Å². The van der Waals surface area contributed by atoms with Gasteiger partial charge in [-0.2, -0.15) is 0 Å². The van der Waals surface area contributed by atoms with Gasteiger partial charge in [-0.1, -0.05) is 63.6 Å². The van der Waals surface area contributed by atoms with Crippen molar-refractivity contribution < 1.29 is 23.9 Å². The first-order valence-electron chi connectivity index (χ1n) is 14.5. The van der Waals surface area contributed by atoms with Crippen LogP contribution in [0.1, 0.15) is 70.5 Å². The number of H-pyrrole nitrogens is 1. The van der Waals surface area contributed by atoms with Gasteiger partial charge in [0.25, 0.3) is 0 Å². The summed E-state index contributed by atoms with van der Waals surface area (Å²) >= 11 is 6.62. The SMILES string of the molecule is CCNC(=O)[C@H](NC(=O)C(C)(COC)c1ccc2nc([C@@H](NC(=O)OC)[C@H](c3ccccc3Cl)C(C)C)[nH]c2c1)C(C)C. The summed E-state index contributed by atoms with van der Waals surface area (Å²) in [6.45, 7) is 12.1. The fourth-order valence-electron chi connectivity index (χ4n) is 5.39. The van der Waals surface area contributed by atoms with Crippen LogP contribution in [0.5, 0.6) is 0 Å². The van der Waals surface area contributed by atoms with E-state index in [4.69, 9.17) is 26.1 Å². The summed E-state index contributed by atoms with van der Waals surface area (Å²) in [5.74, 6) is -0.335. The number of aromatic amines is 1. The molecule has 3 rings (SSSR count). The number of nitrogens with zero attached hydrogens (tertiary/aromatic N) is 1. The van der Waals surface area contributed by atoms with Crippen LogP contribution >= 0.6 is 11.6 Å². The van der Waals surface area contributed by atoms with Crippen LogP contribution in [0.2, 0.25) is 5.02 Å². The largest absolute Gasteiger partial charge is 0.453 e. The first-order valence-corrected chi connectivity index (χ1v) is 14.9. The highest BCUT2D eigenvalue weighted by Crippen LogP contribution is 2.40. The molecule has 1 unspecified atom stereocenters. The third-order valence-electron chi connectivity index (χ3n) is 7.75. The Hall–Kier alpha value is -3.63. The van der Waals surface area contributed by atoms with Gasteiger partial charge in [0.1, 0.15) is 11.9 Å².